The summed E-state index contributed by atoms with van der Waals surface area (Å²) in [4.78, 5) is 0. The minimum absolute atomic E-state index is 0.257. The van der Waals surface area contributed by atoms with Crippen molar-refractivity contribution in [1.29, 1.82) is 0 Å². The van der Waals surface area contributed by atoms with Crippen LogP contribution in [0, 0.1) is 0 Å². The zero-order chi connectivity index (χ0) is 13.9. The first-order valence-corrected chi connectivity index (χ1v) is 7.85. The monoisotopic (exact) mass is 259 g/mol. The lowest BCUT2D eigenvalue weighted by atomic mass is 9.69. The van der Waals surface area contributed by atoms with Gasteiger partial charge in [0.25, 0.3) is 0 Å². The van der Waals surface area contributed by atoms with Crippen LogP contribution < -0.4 is 5.73 Å². The number of nitrogens with two attached hydrogens (primary N) is 1. The van der Waals surface area contributed by atoms with E-state index in [0.717, 1.165) is 6.54 Å². The van der Waals surface area contributed by atoms with Gasteiger partial charge in [-0.25, -0.2) is 0 Å². The molecule has 1 saturated carbocycles. The Morgan fingerprint density at radius 1 is 1.05 bits per heavy atom. The summed E-state index contributed by atoms with van der Waals surface area (Å²) in [6.45, 7) is 7.70. The fourth-order valence-corrected chi connectivity index (χ4v) is 3.32. The summed E-state index contributed by atoms with van der Waals surface area (Å²) in [6, 6.07) is 9.32. The van der Waals surface area contributed by atoms with E-state index in [1.807, 2.05) is 0 Å². The van der Waals surface area contributed by atoms with Crippen molar-refractivity contribution in [3.63, 3.8) is 0 Å². The van der Waals surface area contributed by atoms with Gasteiger partial charge in [0.15, 0.2) is 0 Å². The maximum absolute atomic E-state index is 6.12. The molecular weight excluding hydrogens is 230 g/mol. The Kier molecular flexibility index (Phi) is 4.35. The number of rotatable bonds is 4. The lowest BCUT2D eigenvalue weighted by Crippen LogP contribution is -2.37. The third kappa shape index (κ3) is 2.86. The summed E-state index contributed by atoms with van der Waals surface area (Å²) in [5.41, 5.74) is 9.57. The van der Waals surface area contributed by atoms with Crippen molar-refractivity contribution in [2.24, 2.45) is 5.73 Å². The van der Waals surface area contributed by atoms with Crippen LogP contribution in [0.25, 0.3) is 0 Å². The van der Waals surface area contributed by atoms with Crippen molar-refractivity contribution in [1.82, 2.24) is 0 Å². The molecule has 0 aromatic heterocycles. The number of hydrogen-bond donors (Lipinski definition) is 1. The highest BCUT2D eigenvalue weighted by Gasteiger charge is 2.32. The van der Waals surface area contributed by atoms with Gasteiger partial charge >= 0.3 is 0 Å². The van der Waals surface area contributed by atoms with E-state index >= 15 is 0 Å². The quantitative estimate of drug-likeness (QED) is 0.844. The Bertz CT molecular complexity index is 396. The molecule has 1 heteroatoms. The van der Waals surface area contributed by atoms with E-state index in [4.69, 9.17) is 5.73 Å². The van der Waals surface area contributed by atoms with Gasteiger partial charge in [-0.2, -0.15) is 0 Å². The topological polar surface area (TPSA) is 26.0 Å². The second-order valence-electron chi connectivity index (χ2n) is 6.86. The van der Waals surface area contributed by atoms with E-state index in [0.29, 0.717) is 0 Å². The molecule has 2 rings (SSSR count). The first-order chi connectivity index (χ1) is 9.04. The molecule has 0 bridgehead atoms. The van der Waals surface area contributed by atoms with Gasteiger partial charge in [-0.3, -0.25) is 0 Å². The first kappa shape index (κ1) is 14.6. The maximum Gasteiger partial charge on any atom is 0.00755 e. The molecule has 2 N–H and O–H groups in total. The summed E-state index contributed by atoms with van der Waals surface area (Å²) in [7, 11) is 0. The van der Waals surface area contributed by atoms with Gasteiger partial charge in [-0.15, -0.1) is 0 Å². The molecule has 1 nitrogen and oxygen atoms in total. The predicted molar refractivity (Wildman–Crippen MR) is 83.6 cm³/mol. The smallest absolute Gasteiger partial charge is 0.00755 e. The van der Waals surface area contributed by atoms with E-state index in [9.17, 15) is 0 Å². The third-order valence-corrected chi connectivity index (χ3v) is 5.36. The van der Waals surface area contributed by atoms with E-state index < -0.39 is 0 Å². The molecule has 1 aromatic carbocycles. The summed E-state index contributed by atoms with van der Waals surface area (Å²) < 4.78 is 0. The van der Waals surface area contributed by atoms with Crippen LogP contribution in [0.1, 0.15) is 70.4 Å². The standard InChI is InChI=1S/C18H29N/c1-4-17(2,3)15-8-10-16(11-9-15)18(14-19)12-6-5-7-13-18/h8-11H,4-7,12-14,19H2,1-3H3. The highest BCUT2D eigenvalue weighted by Crippen LogP contribution is 2.39. The zero-order valence-corrected chi connectivity index (χ0v) is 12.8. The Hall–Kier alpha value is -0.820. The Labute approximate surface area is 118 Å². The minimum atomic E-state index is 0.257. The van der Waals surface area contributed by atoms with Gasteiger partial charge in [0, 0.05) is 12.0 Å². The van der Waals surface area contributed by atoms with Gasteiger partial charge in [-0.05, 0) is 35.8 Å². The zero-order valence-electron chi connectivity index (χ0n) is 12.8. The van der Waals surface area contributed by atoms with E-state index in [1.165, 1.54) is 49.7 Å². The van der Waals surface area contributed by atoms with Crippen LogP contribution in [0.15, 0.2) is 24.3 Å². The van der Waals surface area contributed by atoms with Crippen molar-refractivity contribution in [3.8, 4) is 0 Å². The normalized spacial score (nSPS) is 19.4. The van der Waals surface area contributed by atoms with Crippen LogP contribution in [0.2, 0.25) is 0 Å². The lowest BCUT2D eigenvalue weighted by molar-refractivity contribution is 0.300. The largest absolute Gasteiger partial charge is 0.330 e. The average molecular weight is 259 g/mol. The van der Waals surface area contributed by atoms with Crippen LogP contribution in [0.3, 0.4) is 0 Å². The van der Waals surface area contributed by atoms with Gasteiger partial charge in [0.05, 0.1) is 0 Å². The van der Waals surface area contributed by atoms with Gasteiger partial charge in [-0.1, -0.05) is 64.3 Å². The highest BCUT2D eigenvalue weighted by atomic mass is 14.6. The molecule has 19 heavy (non-hydrogen) atoms. The SMILES string of the molecule is CCC(C)(C)c1ccc(C2(CN)CCCCC2)cc1. The summed E-state index contributed by atoms with van der Waals surface area (Å²) in [6.07, 6.45) is 7.75. The Morgan fingerprint density at radius 3 is 2.11 bits per heavy atom. The van der Waals surface area contributed by atoms with Crippen LogP contribution in [0.5, 0.6) is 0 Å². The summed E-state index contributed by atoms with van der Waals surface area (Å²) in [5, 5.41) is 0. The molecule has 0 saturated heterocycles. The van der Waals surface area contributed by atoms with Crippen LogP contribution in [-0.4, -0.2) is 6.54 Å². The second-order valence-corrected chi connectivity index (χ2v) is 6.86. The molecule has 106 valence electrons. The molecule has 0 radical (unpaired) electrons. The summed E-state index contributed by atoms with van der Waals surface area (Å²) >= 11 is 0. The van der Waals surface area contributed by atoms with E-state index in [1.54, 1.807) is 0 Å². The Balaban J connectivity index is 2.26. The number of benzene rings is 1. The molecule has 0 aliphatic heterocycles. The van der Waals surface area contributed by atoms with Gasteiger partial charge in [0.2, 0.25) is 0 Å². The summed E-state index contributed by atoms with van der Waals surface area (Å²) in [5.74, 6) is 0. The van der Waals surface area contributed by atoms with Crippen LogP contribution in [-0.2, 0) is 10.8 Å². The average Bonchev–Trinajstić information content (AvgIpc) is 2.48. The van der Waals surface area contributed by atoms with E-state index in [2.05, 4.69) is 45.0 Å². The Morgan fingerprint density at radius 2 is 1.63 bits per heavy atom. The van der Waals surface area contributed by atoms with Crippen molar-refractivity contribution in [2.45, 2.75) is 70.1 Å². The molecule has 0 unspecified atom stereocenters. The molecule has 1 aliphatic carbocycles. The van der Waals surface area contributed by atoms with Crippen molar-refractivity contribution in [3.05, 3.63) is 35.4 Å². The van der Waals surface area contributed by atoms with Crippen molar-refractivity contribution >= 4 is 0 Å². The van der Waals surface area contributed by atoms with Crippen LogP contribution in [0.4, 0.5) is 0 Å². The molecule has 1 aliphatic rings. The molecule has 0 heterocycles. The van der Waals surface area contributed by atoms with Gasteiger partial charge < -0.3 is 5.73 Å². The minimum Gasteiger partial charge on any atom is -0.330 e. The highest BCUT2D eigenvalue weighted by molar-refractivity contribution is 5.33. The number of hydrogen-bond acceptors (Lipinski definition) is 1. The molecule has 1 fully saturated rings. The molecule has 0 amide bonds. The molecule has 0 spiro atoms. The predicted octanol–water partition coefficient (Wildman–Crippen LogP) is 4.53. The lowest BCUT2D eigenvalue weighted by Gasteiger charge is -2.37. The van der Waals surface area contributed by atoms with Crippen molar-refractivity contribution in [2.75, 3.05) is 6.54 Å². The van der Waals surface area contributed by atoms with Gasteiger partial charge in [0.1, 0.15) is 0 Å². The first-order valence-electron chi connectivity index (χ1n) is 7.85. The van der Waals surface area contributed by atoms with E-state index in [-0.39, 0.29) is 10.8 Å². The van der Waals surface area contributed by atoms with Crippen molar-refractivity contribution < 1.29 is 0 Å². The third-order valence-electron chi connectivity index (χ3n) is 5.36. The second kappa shape index (κ2) is 5.66. The molecular formula is C18H29N. The maximum atomic E-state index is 6.12. The molecule has 1 aromatic rings. The fraction of sp³-hybridized carbons (Fsp3) is 0.667. The van der Waals surface area contributed by atoms with Crippen LogP contribution >= 0.6 is 0 Å². The fourth-order valence-electron chi connectivity index (χ4n) is 3.32. The molecule has 0 atom stereocenters.